The second kappa shape index (κ2) is 5.63. The number of aromatic nitrogens is 2. The molecule has 1 heterocycles. The van der Waals surface area contributed by atoms with Crippen LogP contribution in [0.2, 0.25) is 0 Å². The fraction of sp³-hybridized carbons (Fsp3) is 0.333. The summed E-state index contributed by atoms with van der Waals surface area (Å²) >= 11 is 0. The number of ketones is 1. The molecule has 0 amide bonds. The molecule has 3 nitrogen and oxygen atoms in total. The molecule has 94 valence electrons. The number of carbonyl (C=O) groups is 1. The van der Waals surface area contributed by atoms with Crippen LogP contribution in [0.4, 0.5) is 0 Å². The number of benzene rings is 1. The van der Waals surface area contributed by atoms with Crippen LogP contribution in [0.1, 0.15) is 23.4 Å². The molecule has 0 radical (unpaired) electrons. The lowest BCUT2D eigenvalue weighted by Gasteiger charge is -2.03. The quantitative estimate of drug-likeness (QED) is 0.807. The van der Waals surface area contributed by atoms with Crippen molar-refractivity contribution in [2.75, 3.05) is 0 Å². The molecule has 0 saturated heterocycles. The predicted molar refractivity (Wildman–Crippen MR) is 71.4 cm³/mol. The first-order valence-electron chi connectivity index (χ1n) is 6.18. The minimum atomic E-state index is 0.266. The Morgan fingerprint density at radius 1 is 1.28 bits per heavy atom. The lowest BCUT2D eigenvalue weighted by Crippen LogP contribution is -2.07. The maximum Gasteiger partial charge on any atom is 0.137 e. The van der Waals surface area contributed by atoms with Crippen LogP contribution in [0, 0.1) is 6.92 Å². The summed E-state index contributed by atoms with van der Waals surface area (Å²) in [5, 5.41) is 0. The minimum Gasteiger partial charge on any atom is -0.338 e. The van der Waals surface area contributed by atoms with Crippen LogP contribution in [0.5, 0.6) is 0 Å². The van der Waals surface area contributed by atoms with Gasteiger partial charge in [-0.1, -0.05) is 29.8 Å². The highest BCUT2D eigenvalue weighted by Crippen LogP contribution is 2.07. The molecule has 0 saturated carbocycles. The van der Waals surface area contributed by atoms with Gasteiger partial charge in [0.15, 0.2) is 0 Å². The van der Waals surface area contributed by atoms with Gasteiger partial charge in [-0.25, -0.2) is 4.98 Å². The van der Waals surface area contributed by atoms with Crippen molar-refractivity contribution in [2.45, 2.75) is 26.2 Å². The van der Waals surface area contributed by atoms with E-state index in [-0.39, 0.29) is 5.78 Å². The Kier molecular flexibility index (Phi) is 3.92. The Bertz CT molecular complexity index is 526. The number of hydrogen-bond acceptors (Lipinski definition) is 2. The molecule has 0 atom stereocenters. The first kappa shape index (κ1) is 12.6. The van der Waals surface area contributed by atoms with E-state index in [0.717, 1.165) is 11.4 Å². The van der Waals surface area contributed by atoms with Crippen LogP contribution >= 0.6 is 0 Å². The second-order valence-electron chi connectivity index (χ2n) is 4.66. The van der Waals surface area contributed by atoms with Gasteiger partial charge in [-0.15, -0.1) is 0 Å². The van der Waals surface area contributed by atoms with Crippen LogP contribution in [-0.2, 0) is 24.7 Å². The Balaban J connectivity index is 1.86. The monoisotopic (exact) mass is 242 g/mol. The van der Waals surface area contributed by atoms with Gasteiger partial charge in [0.2, 0.25) is 0 Å². The second-order valence-corrected chi connectivity index (χ2v) is 4.66. The Hall–Kier alpha value is -1.90. The van der Waals surface area contributed by atoms with Crippen molar-refractivity contribution in [1.82, 2.24) is 9.55 Å². The standard InChI is InChI=1S/C15H18N2O/c1-12-3-5-13(6-4-12)11-14(18)7-8-15-16-9-10-17(15)2/h3-6,9-10H,7-8,11H2,1-2H3. The van der Waals surface area contributed by atoms with E-state index in [1.807, 2.05) is 49.0 Å². The summed E-state index contributed by atoms with van der Waals surface area (Å²) in [4.78, 5) is 16.1. The number of rotatable bonds is 5. The number of hydrogen-bond donors (Lipinski definition) is 0. The van der Waals surface area contributed by atoms with E-state index in [2.05, 4.69) is 4.98 Å². The van der Waals surface area contributed by atoms with E-state index in [1.165, 1.54) is 5.56 Å². The summed E-state index contributed by atoms with van der Waals surface area (Å²) in [5.41, 5.74) is 2.31. The minimum absolute atomic E-state index is 0.266. The highest BCUT2D eigenvalue weighted by Gasteiger charge is 2.06. The lowest BCUT2D eigenvalue weighted by atomic mass is 10.0. The molecule has 0 aliphatic carbocycles. The molecule has 0 unspecified atom stereocenters. The highest BCUT2D eigenvalue weighted by molar-refractivity contribution is 5.81. The van der Waals surface area contributed by atoms with Crippen molar-refractivity contribution in [3.05, 3.63) is 53.6 Å². The number of Topliss-reactive ketones (excluding diaryl/α,β-unsaturated/α-hetero) is 1. The van der Waals surface area contributed by atoms with Gasteiger partial charge >= 0.3 is 0 Å². The first-order valence-corrected chi connectivity index (χ1v) is 6.18. The van der Waals surface area contributed by atoms with Gasteiger partial charge in [0.05, 0.1) is 0 Å². The molecular formula is C15H18N2O. The Morgan fingerprint density at radius 3 is 2.61 bits per heavy atom. The molecule has 0 spiro atoms. The van der Waals surface area contributed by atoms with Crippen molar-refractivity contribution in [2.24, 2.45) is 7.05 Å². The maximum atomic E-state index is 11.9. The molecular weight excluding hydrogens is 224 g/mol. The summed E-state index contributed by atoms with van der Waals surface area (Å²) in [6.07, 6.45) is 5.46. The van der Waals surface area contributed by atoms with Gasteiger partial charge < -0.3 is 4.57 Å². The van der Waals surface area contributed by atoms with Crippen molar-refractivity contribution in [3.8, 4) is 0 Å². The van der Waals surface area contributed by atoms with Gasteiger partial charge in [-0.2, -0.15) is 0 Å². The molecule has 18 heavy (non-hydrogen) atoms. The molecule has 0 fully saturated rings. The van der Waals surface area contributed by atoms with Crippen LogP contribution in [0.15, 0.2) is 36.7 Å². The number of carbonyl (C=O) groups excluding carboxylic acids is 1. The molecule has 0 N–H and O–H groups in total. The summed E-state index contributed by atoms with van der Waals surface area (Å²) in [6, 6.07) is 8.13. The van der Waals surface area contributed by atoms with E-state index in [4.69, 9.17) is 0 Å². The molecule has 0 bridgehead atoms. The zero-order valence-corrected chi connectivity index (χ0v) is 10.9. The molecule has 2 aromatic rings. The van der Waals surface area contributed by atoms with Crippen molar-refractivity contribution in [3.63, 3.8) is 0 Å². The predicted octanol–water partition coefficient (Wildman–Crippen LogP) is 2.47. The zero-order chi connectivity index (χ0) is 13.0. The van der Waals surface area contributed by atoms with Gasteiger partial charge in [0.1, 0.15) is 11.6 Å². The van der Waals surface area contributed by atoms with Gasteiger partial charge in [0.25, 0.3) is 0 Å². The van der Waals surface area contributed by atoms with Gasteiger partial charge in [-0.3, -0.25) is 4.79 Å². The highest BCUT2D eigenvalue weighted by atomic mass is 16.1. The third-order valence-electron chi connectivity index (χ3n) is 3.07. The summed E-state index contributed by atoms with van der Waals surface area (Å²) in [7, 11) is 1.95. The average Bonchev–Trinajstić information content (AvgIpc) is 2.75. The smallest absolute Gasteiger partial charge is 0.137 e. The van der Waals surface area contributed by atoms with E-state index < -0.39 is 0 Å². The maximum absolute atomic E-state index is 11.9. The third kappa shape index (κ3) is 3.29. The molecule has 0 aliphatic rings. The van der Waals surface area contributed by atoms with E-state index in [0.29, 0.717) is 19.3 Å². The normalized spacial score (nSPS) is 10.6. The van der Waals surface area contributed by atoms with E-state index >= 15 is 0 Å². The average molecular weight is 242 g/mol. The van der Waals surface area contributed by atoms with Crippen LogP contribution in [0.3, 0.4) is 0 Å². The van der Waals surface area contributed by atoms with Crippen LogP contribution in [0.25, 0.3) is 0 Å². The van der Waals surface area contributed by atoms with E-state index in [9.17, 15) is 4.79 Å². The third-order valence-corrected chi connectivity index (χ3v) is 3.07. The van der Waals surface area contributed by atoms with Crippen LogP contribution < -0.4 is 0 Å². The zero-order valence-electron chi connectivity index (χ0n) is 10.9. The summed E-state index contributed by atoms with van der Waals surface area (Å²) in [6.45, 7) is 2.05. The Morgan fingerprint density at radius 2 is 2.00 bits per heavy atom. The fourth-order valence-corrected chi connectivity index (χ4v) is 1.91. The van der Waals surface area contributed by atoms with Crippen molar-refractivity contribution in [1.29, 1.82) is 0 Å². The van der Waals surface area contributed by atoms with Crippen molar-refractivity contribution < 1.29 is 4.79 Å². The van der Waals surface area contributed by atoms with E-state index in [1.54, 1.807) is 6.20 Å². The van der Waals surface area contributed by atoms with Gasteiger partial charge in [-0.05, 0) is 12.5 Å². The molecule has 2 rings (SSSR count). The number of nitrogens with zero attached hydrogens (tertiary/aromatic N) is 2. The lowest BCUT2D eigenvalue weighted by molar-refractivity contribution is -0.118. The van der Waals surface area contributed by atoms with Crippen molar-refractivity contribution >= 4 is 5.78 Å². The SMILES string of the molecule is Cc1ccc(CC(=O)CCc2nccn2C)cc1. The fourth-order valence-electron chi connectivity index (χ4n) is 1.91. The molecule has 3 heteroatoms. The van der Waals surface area contributed by atoms with Crippen LogP contribution in [-0.4, -0.2) is 15.3 Å². The topological polar surface area (TPSA) is 34.9 Å². The Labute approximate surface area is 107 Å². The first-order chi connectivity index (χ1) is 8.65. The summed E-state index contributed by atoms with van der Waals surface area (Å²) < 4.78 is 1.96. The molecule has 1 aromatic carbocycles. The molecule has 0 aliphatic heterocycles. The summed E-state index contributed by atoms with van der Waals surface area (Å²) in [5.74, 6) is 1.23. The largest absolute Gasteiger partial charge is 0.338 e. The molecule has 1 aromatic heterocycles. The number of imidazole rings is 1. The number of aryl methyl sites for hydroxylation is 3. The van der Waals surface area contributed by atoms with Gasteiger partial charge in [0, 0.05) is 38.7 Å².